The molecule has 0 atom stereocenters. The number of allylic oxidation sites excluding steroid dienone is 1. The Hall–Kier alpha value is -1.06. The highest BCUT2D eigenvalue weighted by Gasteiger charge is 2.14. The lowest BCUT2D eigenvalue weighted by Gasteiger charge is -2.06. The average molecular weight is 257 g/mol. The first-order valence-electron chi connectivity index (χ1n) is 4.36. The highest BCUT2D eigenvalue weighted by atomic mass is 35.5. The van der Waals surface area contributed by atoms with Crippen LogP contribution in [0.1, 0.15) is 5.56 Å². The van der Waals surface area contributed by atoms with Crippen molar-refractivity contribution < 1.29 is 14.3 Å². The maximum Gasteiger partial charge on any atom is 0.264 e. The third-order valence-electron chi connectivity index (χ3n) is 1.79. The molecule has 1 aromatic rings. The standard InChI is InChI=1S/C11H9ClO3S/c1-15-7-16-10-5-3-2-4-8(10)9(6-13)11(12)14/h2-5H,7H2,1H3. The highest BCUT2D eigenvalue weighted by molar-refractivity contribution is 7.99. The van der Waals surface area contributed by atoms with Crippen LogP contribution in [0.25, 0.3) is 5.57 Å². The van der Waals surface area contributed by atoms with Gasteiger partial charge in [0, 0.05) is 17.6 Å². The van der Waals surface area contributed by atoms with Crippen molar-refractivity contribution in [1.29, 1.82) is 0 Å². The molecule has 0 radical (unpaired) electrons. The molecule has 1 rings (SSSR count). The maximum absolute atomic E-state index is 11.0. The summed E-state index contributed by atoms with van der Waals surface area (Å²) in [4.78, 5) is 22.5. The second kappa shape index (κ2) is 6.51. The van der Waals surface area contributed by atoms with Gasteiger partial charge in [-0.2, -0.15) is 0 Å². The zero-order chi connectivity index (χ0) is 12.0. The lowest BCUT2D eigenvalue weighted by Crippen LogP contribution is -1.96. The number of rotatable bonds is 5. The number of halogens is 1. The van der Waals surface area contributed by atoms with E-state index < -0.39 is 5.24 Å². The fraction of sp³-hybridized carbons (Fsp3) is 0.182. The van der Waals surface area contributed by atoms with Gasteiger partial charge in [-0.15, -0.1) is 0 Å². The largest absolute Gasteiger partial charge is 0.374 e. The first-order valence-corrected chi connectivity index (χ1v) is 5.73. The lowest BCUT2D eigenvalue weighted by molar-refractivity contribution is -0.106. The van der Waals surface area contributed by atoms with Crippen LogP contribution in [0.5, 0.6) is 0 Å². The summed E-state index contributed by atoms with van der Waals surface area (Å²) in [5.41, 5.74) is 0.334. The van der Waals surface area contributed by atoms with Gasteiger partial charge in [0.1, 0.15) is 11.5 Å². The number of thioether (sulfide) groups is 1. The molecule has 0 N–H and O–H groups in total. The fourth-order valence-electron chi connectivity index (χ4n) is 1.12. The van der Waals surface area contributed by atoms with Gasteiger partial charge in [0.15, 0.2) is 0 Å². The first-order chi connectivity index (χ1) is 7.70. The molecule has 0 aliphatic carbocycles. The van der Waals surface area contributed by atoms with Crippen molar-refractivity contribution in [3.05, 3.63) is 29.8 Å². The van der Waals surface area contributed by atoms with Crippen molar-refractivity contribution in [2.24, 2.45) is 0 Å². The SMILES string of the molecule is COCSc1ccccc1C(=C=O)C(=O)Cl. The Labute approximate surface area is 102 Å². The summed E-state index contributed by atoms with van der Waals surface area (Å²) < 4.78 is 4.91. The Morgan fingerprint density at radius 3 is 2.75 bits per heavy atom. The Kier molecular flexibility index (Phi) is 5.29. The molecule has 0 saturated carbocycles. The van der Waals surface area contributed by atoms with Crippen LogP contribution < -0.4 is 0 Å². The van der Waals surface area contributed by atoms with Crippen LogP contribution in [0.3, 0.4) is 0 Å². The van der Waals surface area contributed by atoms with E-state index in [1.807, 2.05) is 6.07 Å². The molecule has 84 valence electrons. The van der Waals surface area contributed by atoms with Crippen molar-refractivity contribution in [1.82, 2.24) is 0 Å². The van der Waals surface area contributed by atoms with E-state index >= 15 is 0 Å². The summed E-state index contributed by atoms with van der Waals surface area (Å²) in [6.45, 7) is 0. The first kappa shape index (κ1) is 13.0. The molecule has 0 aromatic heterocycles. The summed E-state index contributed by atoms with van der Waals surface area (Å²) in [6, 6.07) is 6.97. The predicted molar refractivity (Wildman–Crippen MR) is 64.1 cm³/mol. The predicted octanol–water partition coefficient (Wildman–Crippen LogP) is 2.36. The molecule has 0 saturated heterocycles. The number of hydrogen-bond donors (Lipinski definition) is 0. The summed E-state index contributed by atoms with van der Waals surface area (Å²) in [5.74, 6) is 2.00. The summed E-state index contributed by atoms with van der Waals surface area (Å²) in [5, 5.41) is -0.805. The smallest absolute Gasteiger partial charge is 0.264 e. The van der Waals surface area contributed by atoms with Crippen molar-refractivity contribution in [3.8, 4) is 0 Å². The zero-order valence-corrected chi connectivity index (χ0v) is 10.1. The Morgan fingerprint density at radius 1 is 1.50 bits per heavy atom. The minimum absolute atomic E-state index is 0.152. The van der Waals surface area contributed by atoms with Gasteiger partial charge in [-0.05, 0) is 17.7 Å². The van der Waals surface area contributed by atoms with Crippen molar-refractivity contribution in [2.75, 3.05) is 13.0 Å². The van der Waals surface area contributed by atoms with E-state index in [-0.39, 0.29) is 5.57 Å². The van der Waals surface area contributed by atoms with Crippen LogP contribution in [0.2, 0.25) is 0 Å². The molecule has 0 fully saturated rings. The number of carbonyl (C=O) groups excluding carboxylic acids is 2. The Bertz CT molecular complexity index is 439. The number of methoxy groups -OCH3 is 1. The second-order valence-electron chi connectivity index (χ2n) is 2.80. The van der Waals surface area contributed by atoms with Gasteiger partial charge >= 0.3 is 0 Å². The molecule has 0 aliphatic heterocycles. The molecule has 16 heavy (non-hydrogen) atoms. The molecule has 1 aromatic carbocycles. The number of hydrogen-bond acceptors (Lipinski definition) is 4. The Balaban J connectivity index is 3.12. The summed E-state index contributed by atoms with van der Waals surface area (Å²) in [7, 11) is 1.57. The van der Waals surface area contributed by atoms with Gasteiger partial charge in [0.25, 0.3) is 5.24 Å². The normalized spacial score (nSPS) is 9.62. The van der Waals surface area contributed by atoms with Gasteiger partial charge in [0.05, 0.1) is 5.94 Å². The third-order valence-corrected chi connectivity index (χ3v) is 3.00. The number of carbonyl (C=O) groups is 1. The molecule has 0 unspecified atom stereocenters. The molecule has 5 heteroatoms. The van der Waals surface area contributed by atoms with Gasteiger partial charge in [-0.1, -0.05) is 30.0 Å². The molecule has 0 spiro atoms. The minimum atomic E-state index is -0.805. The minimum Gasteiger partial charge on any atom is -0.374 e. The maximum atomic E-state index is 11.0. The molecule has 0 amide bonds. The van der Waals surface area contributed by atoms with E-state index in [9.17, 15) is 9.59 Å². The molecule has 0 bridgehead atoms. The second-order valence-corrected chi connectivity index (χ2v) is 4.11. The topological polar surface area (TPSA) is 43.4 Å². The van der Waals surface area contributed by atoms with Gasteiger partial charge < -0.3 is 4.74 Å². The lowest BCUT2D eigenvalue weighted by atomic mass is 10.1. The van der Waals surface area contributed by atoms with E-state index in [0.29, 0.717) is 11.5 Å². The van der Waals surface area contributed by atoms with Crippen LogP contribution in [0, 0.1) is 0 Å². The zero-order valence-electron chi connectivity index (χ0n) is 8.53. The van der Waals surface area contributed by atoms with E-state index in [1.165, 1.54) is 11.8 Å². The fourth-order valence-corrected chi connectivity index (χ4v) is 2.01. The molecule has 0 aliphatic rings. The van der Waals surface area contributed by atoms with Crippen LogP contribution in [0.4, 0.5) is 0 Å². The van der Waals surface area contributed by atoms with Crippen LogP contribution in [0.15, 0.2) is 29.2 Å². The van der Waals surface area contributed by atoms with E-state index in [2.05, 4.69) is 0 Å². The number of benzene rings is 1. The van der Waals surface area contributed by atoms with Crippen LogP contribution in [-0.4, -0.2) is 24.2 Å². The summed E-state index contributed by atoms with van der Waals surface area (Å²) >= 11 is 6.68. The Morgan fingerprint density at radius 2 is 2.19 bits per heavy atom. The highest BCUT2D eigenvalue weighted by Crippen LogP contribution is 2.28. The third kappa shape index (κ3) is 3.22. The monoisotopic (exact) mass is 256 g/mol. The quantitative estimate of drug-likeness (QED) is 0.267. The number of ether oxygens (including phenoxy) is 1. The van der Waals surface area contributed by atoms with Crippen LogP contribution >= 0.6 is 23.4 Å². The van der Waals surface area contributed by atoms with Crippen molar-refractivity contribution in [2.45, 2.75) is 4.90 Å². The van der Waals surface area contributed by atoms with Crippen molar-refractivity contribution >= 4 is 40.1 Å². The molecular formula is C11H9ClO3S. The molecule has 3 nitrogen and oxygen atoms in total. The average Bonchev–Trinajstić information content (AvgIpc) is 2.28. The molecule has 0 heterocycles. The van der Waals surface area contributed by atoms with E-state index in [0.717, 1.165) is 4.90 Å². The van der Waals surface area contributed by atoms with Gasteiger partial charge in [-0.25, -0.2) is 4.79 Å². The van der Waals surface area contributed by atoms with Gasteiger partial charge in [-0.3, -0.25) is 4.79 Å². The molecular weight excluding hydrogens is 248 g/mol. The summed E-state index contributed by atoms with van der Waals surface area (Å²) in [6.07, 6.45) is 0. The van der Waals surface area contributed by atoms with Crippen LogP contribution in [-0.2, 0) is 14.3 Å². The van der Waals surface area contributed by atoms with E-state index in [4.69, 9.17) is 16.3 Å². The van der Waals surface area contributed by atoms with Gasteiger partial charge in [0.2, 0.25) is 0 Å². The van der Waals surface area contributed by atoms with Crippen molar-refractivity contribution in [3.63, 3.8) is 0 Å². The van der Waals surface area contributed by atoms with E-state index in [1.54, 1.807) is 31.3 Å².